The number of carbonyl (C=O) groups is 1. The Hall–Kier alpha value is -1.08. The van der Waals surface area contributed by atoms with Crippen LogP contribution in [0, 0.1) is 0 Å². The van der Waals surface area contributed by atoms with Crippen LogP contribution >= 0.6 is 15.9 Å². The molecule has 0 aliphatic heterocycles. The highest BCUT2D eigenvalue weighted by Crippen LogP contribution is 2.36. The van der Waals surface area contributed by atoms with Crippen LogP contribution in [0.3, 0.4) is 0 Å². The summed E-state index contributed by atoms with van der Waals surface area (Å²) in [7, 11) is 1.30. The van der Waals surface area contributed by atoms with Gasteiger partial charge in [-0.05, 0) is 25.1 Å². The third kappa shape index (κ3) is 3.71. The first-order chi connectivity index (χ1) is 8.25. The molecule has 1 aromatic rings. The van der Waals surface area contributed by atoms with Crippen molar-refractivity contribution < 1.29 is 22.7 Å². The largest absolute Gasteiger partial charge is 0.418 e. The van der Waals surface area contributed by atoms with Crippen LogP contribution in [0.15, 0.2) is 22.7 Å². The molecule has 7 heteroatoms. The van der Waals surface area contributed by atoms with Gasteiger partial charge in [0.25, 0.3) is 5.91 Å². The van der Waals surface area contributed by atoms with E-state index in [1.165, 1.54) is 26.2 Å². The van der Waals surface area contributed by atoms with Gasteiger partial charge in [0.1, 0.15) is 6.10 Å². The molecular weight excluding hydrogens is 315 g/mol. The number of anilines is 1. The number of nitrogens with one attached hydrogen (secondary N) is 1. The quantitative estimate of drug-likeness (QED) is 0.924. The second-order valence-electron chi connectivity index (χ2n) is 3.55. The normalized spacial score (nSPS) is 13.2. The predicted molar refractivity (Wildman–Crippen MR) is 64.2 cm³/mol. The fraction of sp³-hybridized carbons (Fsp3) is 0.364. The number of methoxy groups -OCH3 is 1. The summed E-state index contributed by atoms with van der Waals surface area (Å²) >= 11 is 2.96. The Morgan fingerprint density at radius 3 is 2.56 bits per heavy atom. The number of rotatable bonds is 3. The molecule has 0 fully saturated rings. The molecule has 0 saturated carbocycles. The molecule has 1 atom stereocenters. The molecule has 0 spiro atoms. The fourth-order valence-corrected chi connectivity index (χ4v) is 1.56. The number of amides is 1. The maximum absolute atomic E-state index is 12.8. The van der Waals surface area contributed by atoms with Gasteiger partial charge in [-0.15, -0.1) is 0 Å². The molecule has 0 bridgehead atoms. The summed E-state index contributed by atoms with van der Waals surface area (Å²) in [4.78, 5) is 11.5. The molecular formula is C11H11BrF3NO2. The van der Waals surface area contributed by atoms with Crippen LogP contribution < -0.4 is 5.32 Å². The van der Waals surface area contributed by atoms with E-state index in [0.29, 0.717) is 0 Å². The molecule has 0 aliphatic rings. The highest BCUT2D eigenvalue weighted by Gasteiger charge is 2.34. The standard InChI is InChI=1S/C11H11BrF3NO2/c1-6(18-2)10(17)16-9-4-3-7(12)5-8(9)11(13,14)15/h3-6H,1-2H3,(H,16,17). The van der Waals surface area contributed by atoms with Crippen LogP contribution in [0.2, 0.25) is 0 Å². The molecule has 0 saturated heterocycles. The fourth-order valence-electron chi connectivity index (χ4n) is 1.20. The Balaban J connectivity index is 3.06. The number of hydrogen-bond donors (Lipinski definition) is 1. The molecule has 0 heterocycles. The molecule has 0 radical (unpaired) electrons. The molecule has 1 rings (SSSR count). The molecule has 0 aliphatic carbocycles. The van der Waals surface area contributed by atoms with Gasteiger partial charge < -0.3 is 10.1 Å². The van der Waals surface area contributed by atoms with Crippen molar-refractivity contribution in [2.75, 3.05) is 12.4 Å². The van der Waals surface area contributed by atoms with E-state index < -0.39 is 23.8 Å². The van der Waals surface area contributed by atoms with Gasteiger partial charge in [-0.3, -0.25) is 4.79 Å². The lowest BCUT2D eigenvalue weighted by Crippen LogP contribution is -2.27. The average molecular weight is 326 g/mol. The summed E-state index contributed by atoms with van der Waals surface area (Å²) < 4.78 is 43.3. The van der Waals surface area contributed by atoms with Crippen molar-refractivity contribution in [3.63, 3.8) is 0 Å². The summed E-state index contributed by atoms with van der Waals surface area (Å²) in [6, 6.07) is 3.52. The van der Waals surface area contributed by atoms with E-state index in [0.717, 1.165) is 6.07 Å². The monoisotopic (exact) mass is 325 g/mol. The van der Waals surface area contributed by atoms with Crippen molar-refractivity contribution in [1.82, 2.24) is 0 Å². The Bertz CT molecular complexity index is 448. The lowest BCUT2D eigenvalue weighted by Gasteiger charge is -2.16. The zero-order valence-corrected chi connectivity index (χ0v) is 11.2. The number of halogens is 4. The SMILES string of the molecule is COC(C)C(=O)Nc1ccc(Br)cc1C(F)(F)F. The third-order valence-electron chi connectivity index (χ3n) is 2.27. The lowest BCUT2D eigenvalue weighted by molar-refractivity contribution is -0.137. The second kappa shape index (κ2) is 5.71. The van der Waals surface area contributed by atoms with Crippen molar-refractivity contribution in [2.45, 2.75) is 19.2 Å². The average Bonchev–Trinajstić information content (AvgIpc) is 2.28. The molecule has 3 nitrogen and oxygen atoms in total. The Morgan fingerprint density at radius 2 is 2.06 bits per heavy atom. The highest BCUT2D eigenvalue weighted by atomic mass is 79.9. The lowest BCUT2D eigenvalue weighted by atomic mass is 10.1. The summed E-state index contributed by atoms with van der Waals surface area (Å²) in [6.07, 6.45) is -5.36. The summed E-state index contributed by atoms with van der Waals surface area (Å²) in [5.74, 6) is -0.634. The second-order valence-corrected chi connectivity index (χ2v) is 4.47. The van der Waals surface area contributed by atoms with E-state index in [1.807, 2.05) is 0 Å². The minimum atomic E-state index is -4.54. The van der Waals surface area contributed by atoms with E-state index in [-0.39, 0.29) is 10.2 Å². The van der Waals surface area contributed by atoms with Crippen molar-refractivity contribution in [3.8, 4) is 0 Å². The van der Waals surface area contributed by atoms with Crippen molar-refractivity contribution >= 4 is 27.5 Å². The molecule has 1 unspecified atom stereocenters. The minimum absolute atomic E-state index is 0.285. The molecule has 1 amide bonds. The summed E-state index contributed by atoms with van der Waals surface area (Å²) in [5.41, 5.74) is -1.20. The van der Waals surface area contributed by atoms with E-state index in [9.17, 15) is 18.0 Å². The molecule has 0 aromatic heterocycles. The minimum Gasteiger partial charge on any atom is -0.372 e. The Labute approximate surface area is 110 Å². The zero-order valence-electron chi connectivity index (χ0n) is 9.64. The van der Waals surface area contributed by atoms with Gasteiger partial charge in [0.05, 0.1) is 11.3 Å². The van der Waals surface area contributed by atoms with Crippen LogP contribution in [0.1, 0.15) is 12.5 Å². The van der Waals surface area contributed by atoms with Gasteiger partial charge in [-0.25, -0.2) is 0 Å². The van der Waals surface area contributed by atoms with Gasteiger partial charge in [0, 0.05) is 11.6 Å². The predicted octanol–water partition coefficient (Wildman–Crippen LogP) is 3.44. The van der Waals surface area contributed by atoms with Crippen LogP contribution in [0.4, 0.5) is 18.9 Å². The number of benzene rings is 1. The molecule has 1 aromatic carbocycles. The van der Waals surface area contributed by atoms with Gasteiger partial charge in [-0.1, -0.05) is 15.9 Å². The Kier molecular flexibility index (Phi) is 4.75. The van der Waals surface area contributed by atoms with Crippen molar-refractivity contribution in [3.05, 3.63) is 28.2 Å². The summed E-state index contributed by atoms with van der Waals surface area (Å²) in [6.45, 7) is 1.45. The van der Waals surface area contributed by atoms with E-state index in [2.05, 4.69) is 21.2 Å². The zero-order chi connectivity index (χ0) is 13.9. The third-order valence-corrected chi connectivity index (χ3v) is 2.76. The first-order valence-corrected chi connectivity index (χ1v) is 5.75. The van der Waals surface area contributed by atoms with Crippen LogP contribution in [0.25, 0.3) is 0 Å². The van der Waals surface area contributed by atoms with E-state index >= 15 is 0 Å². The number of alkyl halides is 3. The van der Waals surface area contributed by atoms with Crippen molar-refractivity contribution in [2.24, 2.45) is 0 Å². The highest BCUT2D eigenvalue weighted by molar-refractivity contribution is 9.10. The van der Waals surface area contributed by atoms with E-state index in [4.69, 9.17) is 4.74 Å². The number of carbonyl (C=O) groups excluding carboxylic acids is 1. The molecule has 1 N–H and O–H groups in total. The maximum atomic E-state index is 12.8. The van der Waals surface area contributed by atoms with Crippen LogP contribution in [-0.2, 0) is 15.7 Å². The van der Waals surface area contributed by atoms with Gasteiger partial charge in [0.15, 0.2) is 0 Å². The molecule has 18 heavy (non-hydrogen) atoms. The van der Waals surface area contributed by atoms with E-state index in [1.54, 1.807) is 0 Å². The van der Waals surface area contributed by atoms with Gasteiger partial charge in [-0.2, -0.15) is 13.2 Å². The van der Waals surface area contributed by atoms with Crippen LogP contribution in [0.5, 0.6) is 0 Å². The summed E-state index contributed by atoms with van der Waals surface area (Å²) in [5, 5.41) is 2.19. The number of ether oxygens (including phenoxy) is 1. The number of hydrogen-bond acceptors (Lipinski definition) is 2. The Morgan fingerprint density at radius 1 is 1.44 bits per heavy atom. The van der Waals surface area contributed by atoms with Crippen LogP contribution in [-0.4, -0.2) is 19.1 Å². The smallest absolute Gasteiger partial charge is 0.372 e. The first-order valence-electron chi connectivity index (χ1n) is 4.96. The maximum Gasteiger partial charge on any atom is 0.418 e. The van der Waals surface area contributed by atoms with Crippen molar-refractivity contribution in [1.29, 1.82) is 0 Å². The molecule has 100 valence electrons. The first kappa shape index (κ1) is 15.0. The van der Waals surface area contributed by atoms with Gasteiger partial charge >= 0.3 is 6.18 Å². The topological polar surface area (TPSA) is 38.3 Å². The van der Waals surface area contributed by atoms with Gasteiger partial charge in [0.2, 0.25) is 0 Å².